The van der Waals surface area contributed by atoms with E-state index in [0.717, 1.165) is 12.4 Å². The van der Waals surface area contributed by atoms with Gasteiger partial charge in [-0.25, -0.2) is 18.7 Å². The van der Waals surface area contributed by atoms with Crippen LogP contribution in [0.4, 0.5) is 22.0 Å². The first-order valence-electron chi connectivity index (χ1n) is 9.36. The van der Waals surface area contributed by atoms with E-state index in [9.17, 15) is 26.7 Å². The molecular weight excluding hydrogens is 429 g/mol. The molecule has 2 aromatic rings. The van der Waals surface area contributed by atoms with Crippen molar-refractivity contribution >= 4 is 17.5 Å². The van der Waals surface area contributed by atoms with Crippen molar-refractivity contribution in [1.82, 2.24) is 15.3 Å². The van der Waals surface area contributed by atoms with Crippen LogP contribution >= 0.6 is 11.6 Å². The fourth-order valence-corrected chi connectivity index (χ4v) is 3.86. The molecule has 1 aromatic carbocycles. The second kappa shape index (κ2) is 8.83. The highest BCUT2D eigenvalue weighted by atomic mass is 35.5. The molecular formula is C20H19ClF5N3O. The largest absolute Gasteiger partial charge is 0.451 e. The minimum absolute atomic E-state index is 0.0367. The Morgan fingerprint density at radius 3 is 2.33 bits per heavy atom. The van der Waals surface area contributed by atoms with Crippen molar-refractivity contribution in [2.24, 2.45) is 5.92 Å². The zero-order valence-electron chi connectivity index (χ0n) is 15.7. The van der Waals surface area contributed by atoms with E-state index in [-0.39, 0.29) is 48.7 Å². The smallest absolute Gasteiger partial charge is 0.351 e. The summed E-state index contributed by atoms with van der Waals surface area (Å²) >= 11 is 6.02. The predicted molar refractivity (Wildman–Crippen MR) is 100 cm³/mol. The van der Waals surface area contributed by atoms with Gasteiger partial charge in [0.25, 0.3) is 5.91 Å². The minimum Gasteiger partial charge on any atom is -0.351 e. The number of rotatable bonds is 5. The maximum Gasteiger partial charge on any atom is 0.451 e. The zero-order valence-corrected chi connectivity index (χ0v) is 16.5. The molecule has 0 spiro atoms. The molecule has 10 heteroatoms. The average molecular weight is 448 g/mol. The summed E-state index contributed by atoms with van der Waals surface area (Å²) in [5, 5.41) is 2.96. The van der Waals surface area contributed by atoms with Crippen molar-refractivity contribution in [3.05, 3.63) is 58.6 Å². The molecule has 162 valence electrons. The lowest BCUT2D eigenvalue weighted by atomic mass is 9.76. The lowest BCUT2D eigenvalue weighted by Crippen LogP contribution is -2.35. The van der Waals surface area contributed by atoms with Crippen LogP contribution in [0.1, 0.15) is 53.3 Å². The number of alkyl halides is 5. The molecule has 1 saturated carbocycles. The molecule has 0 aliphatic heterocycles. The number of benzene rings is 1. The van der Waals surface area contributed by atoms with Gasteiger partial charge in [0.05, 0.1) is 10.6 Å². The Hall–Kier alpha value is -2.29. The second-order valence-corrected chi connectivity index (χ2v) is 7.73. The summed E-state index contributed by atoms with van der Waals surface area (Å²) in [5.41, 5.74) is 0.606. The third-order valence-corrected chi connectivity index (χ3v) is 5.61. The molecule has 1 fully saturated rings. The summed E-state index contributed by atoms with van der Waals surface area (Å²) in [7, 11) is 0. The normalized spacial score (nSPS) is 18.1. The highest BCUT2D eigenvalue weighted by Crippen LogP contribution is 2.42. The van der Waals surface area contributed by atoms with Gasteiger partial charge in [0.2, 0.25) is 11.7 Å². The summed E-state index contributed by atoms with van der Waals surface area (Å²) in [6.07, 6.45) is -2.84. The van der Waals surface area contributed by atoms with E-state index in [0.29, 0.717) is 5.56 Å². The molecule has 1 N–H and O–H groups in total. The van der Waals surface area contributed by atoms with Crippen LogP contribution < -0.4 is 5.32 Å². The van der Waals surface area contributed by atoms with Gasteiger partial charge >= 0.3 is 6.18 Å². The topological polar surface area (TPSA) is 54.9 Å². The van der Waals surface area contributed by atoms with Gasteiger partial charge in [0.15, 0.2) is 0 Å². The van der Waals surface area contributed by atoms with Gasteiger partial charge in [0.1, 0.15) is 0 Å². The van der Waals surface area contributed by atoms with Crippen LogP contribution in [0.2, 0.25) is 5.02 Å². The van der Waals surface area contributed by atoms with Crippen molar-refractivity contribution in [3.8, 4) is 0 Å². The van der Waals surface area contributed by atoms with E-state index in [1.54, 1.807) is 18.2 Å². The molecule has 0 saturated heterocycles. The summed E-state index contributed by atoms with van der Waals surface area (Å²) in [6, 6.07) is 6.41. The Morgan fingerprint density at radius 2 is 1.77 bits per heavy atom. The highest BCUT2D eigenvalue weighted by molar-refractivity contribution is 6.33. The summed E-state index contributed by atoms with van der Waals surface area (Å²) in [4.78, 5) is 19.2. The van der Waals surface area contributed by atoms with E-state index in [1.165, 1.54) is 6.07 Å². The van der Waals surface area contributed by atoms with Gasteiger partial charge in [-0.05, 0) is 36.5 Å². The second-order valence-electron chi connectivity index (χ2n) is 7.33. The molecule has 1 heterocycles. The van der Waals surface area contributed by atoms with Gasteiger partial charge in [-0.2, -0.15) is 13.2 Å². The van der Waals surface area contributed by atoms with Crippen molar-refractivity contribution in [2.45, 2.75) is 43.7 Å². The lowest BCUT2D eigenvalue weighted by molar-refractivity contribution is -0.145. The molecule has 1 amide bonds. The maximum absolute atomic E-state index is 13.6. The molecule has 0 bridgehead atoms. The number of carbonyl (C=O) groups is 1. The molecule has 30 heavy (non-hydrogen) atoms. The summed E-state index contributed by atoms with van der Waals surface area (Å²) < 4.78 is 65.4. The number of amides is 1. The van der Waals surface area contributed by atoms with Crippen LogP contribution in [0.3, 0.4) is 0 Å². The third-order valence-electron chi connectivity index (χ3n) is 5.29. The van der Waals surface area contributed by atoms with Gasteiger partial charge in [0, 0.05) is 37.7 Å². The van der Waals surface area contributed by atoms with Crippen molar-refractivity contribution in [3.63, 3.8) is 0 Å². The molecule has 1 aliphatic carbocycles. The first-order valence-corrected chi connectivity index (χ1v) is 9.74. The van der Waals surface area contributed by atoms with Gasteiger partial charge in [-0.15, -0.1) is 0 Å². The fraction of sp³-hybridized carbons (Fsp3) is 0.450. The van der Waals surface area contributed by atoms with Crippen LogP contribution in [0.25, 0.3) is 0 Å². The third kappa shape index (κ3) is 5.44. The summed E-state index contributed by atoms with van der Waals surface area (Å²) in [5.74, 6) is -5.25. The quantitative estimate of drug-likeness (QED) is 0.617. The number of hydrogen-bond donors (Lipinski definition) is 1. The predicted octanol–water partition coefficient (Wildman–Crippen LogP) is 5.49. The summed E-state index contributed by atoms with van der Waals surface area (Å²) in [6.45, 7) is 0.0367. The number of halogens is 6. The monoisotopic (exact) mass is 447 g/mol. The Morgan fingerprint density at radius 1 is 1.17 bits per heavy atom. The molecule has 1 unspecified atom stereocenters. The van der Waals surface area contributed by atoms with E-state index >= 15 is 0 Å². The Balaban J connectivity index is 1.79. The van der Waals surface area contributed by atoms with Gasteiger partial charge < -0.3 is 5.32 Å². The maximum atomic E-state index is 13.6. The van der Waals surface area contributed by atoms with Crippen LogP contribution in [-0.2, 0) is 6.18 Å². The van der Waals surface area contributed by atoms with Gasteiger partial charge in [-0.1, -0.05) is 23.7 Å². The van der Waals surface area contributed by atoms with Gasteiger partial charge in [-0.3, -0.25) is 4.79 Å². The van der Waals surface area contributed by atoms with E-state index in [4.69, 9.17) is 11.6 Å². The zero-order chi connectivity index (χ0) is 21.9. The Kier molecular flexibility index (Phi) is 6.59. The van der Waals surface area contributed by atoms with Crippen LogP contribution in [0.5, 0.6) is 0 Å². The van der Waals surface area contributed by atoms with Crippen molar-refractivity contribution < 1.29 is 26.7 Å². The molecule has 1 atom stereocenters. The van der Waals surface area contributed by atoms with E-state index < -0.39 is 29.7 Å². The number of aromatic nitrogens is 2. The number of hydrogen-bond acceptors (Lipinski definition) is 3. The first-order chi connectivity index (χ1) is 14.1. The van der Waals surface area contributed by atoms with E-state index in [2.05, 4.69) is 15.3 Å². The van der Waals surface area contributed by atoms with Crippen LogP contribution in [0.15, 0.2) is 36.7 Å². The van der Waals surface area contributed by atoms with Crippen molar-refractivity contribution in [2.75, 3.05) is 6.54 Å². The number of carbonyl (C=O) groups excluding carboxylic acids is 1. The number of nitrogens with one attached hydrogen (secondary N) is 1. The van der Waals surface area contributed by atoms with Crippen LogP contribution in [0, 0.1) is 5.92 Å². The molecule has 0 radical (unpaired) electrons. The standard InChI is InChI=1S/C20H19ClF5N3O/c21-16-4-2-1-3-14(16)17(30)27-11-15(12-5-7-19(22,23)8-6-12)13-9-28-18(29-10-13)20(24,25)26/h1-4,9-10,12,15H,5-8,11H2,(H,27,30). The van der Waals surface area contributed by atoms with Crippen LogP contribution in [-0.4, -0.2) is 28.3 Å². The van der Waals surface area contributed by atoms with E-state index in [1.807, 2.05) is 0 Å². The fourth-order valence-electron chi connectivity index (χ4n) is 3.64. The number of nitrogens with zero attached hydrogens (tertiary/aromatic N) is 2. The Labute approximate surface area is 174 Å². The lowest BCUT2D eigenvalue weighted by Gasteiger charge is -2.34. The minimum atomic E-state index is -4.68. The molecule has 1 aliphatic rings. The highest BCUT2D eigenvalue weighted by Gasteiger charge is 2.39. The molecule has 3 rings (SSSR count). The SMILES string of the molecule is O=C(NCC(c1cnc(C(F)(F)F)nc1)C1CCC(F)(F)CC1)c1ccccc1Cl. The Bertz CT molecular complexity index is 879. The average Bonchev–Trinajstić information content (AvgIpc) is 2.69. The molecule has 4 nitrogen and oxygen atoms in total. The molecule has 1 aromatic heterocycles. The van der Waals surface area contributed by atoms with Crippen molar-refractivity contribution in [1.29, 1.82) is 0 Å². The first kappa shape index (κ1) is 22.4.